The summed E-state index contributed by atoms with van der Waals surface area (Å²) in [4.78, 5) is 12.0. The van der Waals surface area contributed by atoms with Crippen LogP contribution < -0.4 is 0 Å². The van der Waals surface area contributed by atoms with E-state index >= 15 is 0 Å². The topological polar surface area (TPSA) is 26.3 Å². The Hall–Kier alpha value is -1.16. The maximum absolute atomic E-state index is 14.6. The second kappa shape index (κ2) is 6.85. The van der Waals surface area contributed by atoms with E-state index in [2.05, 4.69) is 19.6 Å². The van der Waals surface area contributed by atoms with Gasteiger partial charge in [0.15, 0.2) is 0 Å². The van der Waals surface area contributed by atoms with Crippen LogP contribution in [0.1, 0.15) is 18.7 Å². The molecule has 0 aliphatic carbocycles. The largest absolute Gasteiger partial charge is 0.466 e. The zero-order chi connectivity index (χ0) is 14.5. The van der Waals surface area contributed by atoms with Gasteiger partial charge in [0.1, 0.15) is 6.17 Å². The van der Waals surface area contributed by atoms with Crippen molar-refractivity contribution in [1.29, 1.82) is 0 Å². The second-order valence-electron chi connectivity index (χ2n) is 5.94. The standard InChI is InChI=1S/C15H23FO2Si/c1-5-18-15(17)13(11-19(2,3)4)14(16)12-9-7-6-8-10-12/h6-10,13-14H,5,11H2,1-4H3/t13-,14-/m0/s1. The minimum Gasteiger partial charge on any atom is -0.466 e. The van der Waals surface area contributed by atoms with Crippen LogP contribution in [0.5, 0.6) is 0 Å². The molecule has 1 aromatic rings. The lowest BCUT2D eigenvalue weighted by Gasteiger charge is -2.25. The summed E-state index contributed by atoms with van der Waals surface area (Å²) in [6.07, 6.45) is -1.29. The Bertz CT molecular complexity index is 400. The SMILES string of the molecule is CCOC(=O)[C@@H](C[Si](C)(C)C)[C@@H](F)c1ccccc1. The zero-order valence-corrected chi connectivity index (χ0v) is 13.2. The van der Waals surface area contributed by atoms with Gasteiger partial charge in [-0.25, -0.2) is 4.39 Å². The third kappa shape index (κ3) is 5.15. The first-order valence-electron chi connectivity index (χ1n) is 6.71. The van der Waals surface area contributed by atoms with Gasteiger partial charge in [-0.15, -0.1) is 0 Å². The van der Waals surface area contributed by atoms with E-state index in [4.69, 9.17) is 4.74 Å². The molecule has 0 saturated carbocycles. The number of carbonyl (C=O) groups is 1. The number of ether oxygens (including phenoxy) is 1. The molecule has 2 nitrogen and oxygen atoms in total. The summed E-state index contributed by atoms with van der Waals surface area (Å²) in [6.45, 7) is 8.45. The first-order chi connectivity index (χ1) is 8.85. The fourth-order valence-electron chi connectivity index (χ4n) is 2.08. The summed E-state index contributed by atoms with van der Waals surface area (Å²) >= 11 is 0. The second-order valence-corrected chi connectivity index (χ2v) is 11.5. The van der Waals surface area contributed by atoms with Crippen molar-refractivity contribution in [2.45, 2.75) is 38.8 Å². The summed E-state index contributed by atoms with van der Waals surface area (Å²) in [6, 6.07) is 9.47. The van der Waals surface area contributed by atoms with Crippen LogP contribution in [-0.2, 0) is 9.53 Å². The van der Waals surface area contributed by atoms with E-state index < -0.39 is 26.1 Å². The normalized spacial score (nSPS) is 14.8. The predicted octanol–water partition coefficient (Wildman–Crippen LogP) is 4.21. The molecule has 106 valence electrons. The van der Waals surface area contributed by atoms with Crippen molar-refractivity contribution in [3.63, 3.8) is 0 Å². The molecule has 0 unspecified atom stereocenters. The molecular weight excluding hydrogens is 259 g/mol. The van der Waals surface area contributed by atoms with Crippen molar-refractivity contribution in [3.05, 3.63) is 35.9 Å². The van der Waals surface area contributed by atoms with Crippen LogP contribution in [0.4, 0.5) is 4.39 Å². The Kier molecular flexibility index (Phi) is 5.73. The summed E-state index contributed by atoms with van der Waals surface area (Å²) in [5.41, 5.74) is 0.554. The van der Waals surface area contributed by atoms with E-state index in [-0.39, 0.29) is 0 Å². The summed E-state index contributed by atoms with van der Waals surface area (Å²) in [5, 5.41) is 0. The van der Waals surface area contributed by atoms with Gasteiger partial charge in [0.05, 0.1) is 12.5 Å². The molecule has 0 aliphatic rings. The Labute approximate surface area is 116 Å². The van der Waals surface area contributed by atoms with Gasteiger partial charge in [-0.05, 0) is 18.5 Å². The number of halogens is 1. The number of rotatable bonds is 6. The predicted molar refractivity (Wildman–Crippen MR) is 78.6 cm³/mol. The van der Waals surface area contributed by atoms with Gasteiger partial charge >= 0.3 is 5.97 Å². The van der Waals surface area contributed by atoms with E-state index in [0.717, 1.165) is 0 Å². The fourth-order valence-corrected chi connectivity index (χ4v) is 3.78. The average Bonchev–Trinajstić information content (AvgIpc) is 2.35. The molecule has 0 radical (unpaired) electrons. The van der Waals surface area contributed by atoms with Gasteiger partial charge in [0.2, 0.25) is 0 Å². The number of esters is 1. The van der Waals surface area contributed by atoms with Crippen molar-refractivity contribution in [3.8, 4) is 0 Å². The van der Waals surface area contributed by atoms with E-state index in [0.29, 0.717) is 18.2 Å². The van der Waals surface area contributed by atoms with Crippen LogP contribution >= 0.6 is 0 Å². The highest BCUT2D eigenvalue weighted by Crippen LogP contribution is 2.33. The highest BCUT2D eigenvalue weighted by Gasteiger charge is 2.34. The van der Waals surface area contributed by atoms with Crippen LogP contribution in [0.2, 0.25) is 25.7 Å². The third-order valence-electron chi connectivity index (χ3n) is 2.89. The molecule has 0 heterocycles. The first kappa shape index (κ1) is 15.9. The molecule has 2 atom stereocenters. The minimum absolute atomic E-state index is 0.294. The van der Waals surface area contributed by atoms with Crippen molar-refractivity contribution in [2.24, 2.45) is 5.92 Å². The molecule has 1 aromatic carbocycles. The quantitative estimate of drug-likeness (QED) is 0.577. The smallest absolute Gasteiger partial charge is 0.311 e. The lowest BCUT2D eigenvalue weighted by molar-refractivity contribution is -0.149. The van der Waals surface area contributed by atoms with E-state index in [1.54, 1.807) is 31.2 Å². The minimum atomic E-state index is -1.55. The number of benzene rings is 1. The maximum Gasteiger partial charge on any atom is 0.311 e. The molecule has 19 heavy (non-hydrogen) atoms. The van der Waals surface area contributed by atoms with Crippen molar-refractivity contribution < 1.29 is 13.9 Å². The van der Waals surface area contributed by atoms with Gasteiger partial charge in [-0.1, -0.05) is 50.0 Å². The highest BCUT2D eigenvalue weighted by atomic mass is 28.3. The van der Waals surface area contributed by atoms with Crippen molar-refractivity contribution in [1.82, 2.24) is 0 Å². The monoisotopic (exact) mass is 282 g/mol. The van der Waals surface area contributed by atoms with Crippen molar-refractivity contribution >= 4 is 14.0 Å². The third-order valence-corrected chi connectivity index (χ3v) is 4.56. The zero-order valence-electron chi connectivity index (χ0n) is 12.2. The molecule has 4 heteroatoms. The maximum atomic E-state index is 14.6. The Morgan fingerprint density at radius 1 is 1.26 bits per heavy atom. The number of carbonyl (C=O) groups excluding carboxylic acids is 1. The number of hydrogen-bond acceptors (Lipinski definition) is 2. The Morgan fingerprint density at radius 2 is 1.84 bits per heavy atom. The summed E-state index contributed by atoms with van der Waals surface area (Å²) < 4.78 is 19.7. The lowest BCUT2D eigenvalue weighted by Crippen LogP contribution is -2.32. The fraction of sp³-hybridized carbons (Fsp3) is 0.533. The van der Waals surface area contributed by atoms with Crippen LogP contribution in [0, 0.1) is 5.92 Å². The number of alkyl halides is 1. The van der Waals surface area contributed by atoms with Gasteiger partial charge in [-0.2, -0.15) is 0 Å². The van der Waals surface area contributed by atoms with Gasteiger partial charge in [0.25, 0.3) is 0 Å². The van der Waals surface area contributed by atoms with Crippen LogP contribution in [0.15, 0.2) is 30.3 Å². The molecule has 0 aliphatic heterocycles. The molecule has 0 amide bonds. The summed E-state index contributed by atoms with van der Waals surface area (Å²) in [7, 11) is -1.55. The van der Waals surface area contributed by atoms with E-state index in [1.807, 2.05) is 6.07 Å². The first-order valence-corrected chi connectivity index (χ1v) is 10.4. The lowest BCUT2D eigenvalue weighted by atomic mass is 9.99. The molecule has 0 saturated heterocycles. The molecular formula is C15H23FO2Si. The van der Waals surface area contributed by atoms with Crippen LogP contribution in [0.3, 0.4) is 0 Å². The van der Waals surface area contributed by atoms with E-state index in [9.17, 15) is 9.18 Å². The van der Waals surface area contributed by atoms with Gasteiger partial charge in [-0.3, -0.25) is 4.79 Å². The van der Waals surface area contributed by atoms with Crippen LogP contribution in [0.25, 0.3) is 0 Å². The van der Waals surface area contributed by atoms with Crippen LogP contribution in [-0.4, -0.2) is 20.7 Å². The van der Waals surface area contributed by atoms with Gasteiger partial charge < -0.3 is 4.74 Å². The molecule has 0 bridgehead atoms. The molecule has 0 N–H and O–H groups in total. The average molecular weight is 282 g/mol. The van der Waals surface area contributed by atoms with E-state index in [1.165, 1.54) is 0 Å². The summed E-state index contributed by atoms with van der Waals surface area (Å²) in [5.74, 6) is -1.10. The molecule has 0 aromatic heterocycles. The Balaban J connectivity index is 2.92. The van der Waals surface area contributed by atoms with Gasteiger partial charge in [0, 0.05) is 8.07 Å². The Morgan fingerprint density at radius 3 is 2.32 bits per heavy atom. The molecule has 0 spiro atoms. The molecule has 0 fully saturated rings. The molecule has 1 rings (SSSR count). The van der Waals surface area contributed by atoms with Crippen molar-refractivity contribution in [2.75, 3.05) is 6.61 Å². The number of hydrogen-bond donors (Lipinski definition) is 0. The highest BCUT2D eigenvalue weighted by molar-refractivity contribution is 6.76.